The van der Waals surface area contributed by atoms with Crippen LogP contribution in [0.2, 0.25) is 0 Å². The Morgan fingerprint density at radius 1 is 1.42 bits per heavy atom. The molecule has 4 heteroatoms. The molecule has 0 radical (unpaired) electrons. The van der Waals surface area contributed by atoms with Gasteiger partial charge >= 0.3 is 0 Å². The zero-order valence-electron chi connectivity index (χ0n) is 11.1. The van der Waals surface area contributed by atoms with Gasteiger partial charge in [-0.25, -0.2) is 0 Å². The maximum Gasteiger partial charge on any atom is 0.241 e. The summed E-state index contributed by atoms with van der Waals surface area (Å²) in [6.45, 7) is 2.08. The molecule has 0 bridgehead atoms. The molecular weight excluding hydrogens is 238 g/mol. The maximum absolute atomic E-state index is 12.0. The number of carbonyl (C=O) groups excluding carboxylic acids is 1. The van der Waals surface area contributed by atoms with Crippen molar-refractivity contribution in [1.29, 1.82) is 0 Å². The van der Waals surface area contributed by atoms with Gasteiger partial charge < -0.3 is 11.1 Å². The molecule has 1 atom stereocenters. The molecule has 3 N–H and O–H groups in total. The molecule has 0 saturated heterocycles. The summed E-state index contributed by atoms with van der Waals surface area (Å²) < 4.78 is 0. The third-order valence-electron chi connectivity index (χ3n) is 3.15. The Balaban J connectivity index is 2.15. The van der Waals surface area contributed by atoms with E-state index in [1.807, 2.05) is 24.3 Å². The van der Waals surface area contributed by atoms with E-state index in [1.165, 1.54) is 0 Å². The van der Waals surface area contributed by atoms with Gasteiger partial charge in [-0.2, -0.15) is 0 Å². The van der Waals surface area contributed by atoms with Gasteiger partial charge in [0.05, 0.1) is 11.7 Å². The molecule has 0 aliphatic carbocycles. The Bertz CT molecular complexity index is 563. The molecule has 1 amide bonds. The molecule has 1 aromatic carbocycles. The number of nitrogens with zero attached hydrogens (tertiary/aromatic N) is 1. The number of benzene rings is 1. The Morgan fingerprint density at radius 3 is 3.05 bits per heavy atom. The quantitative estimate of drug-likeness (QED) is 0.865. The van der Waals surface area contributed by atoms with Crippen LogP contribution in [0.1, 0.15) is 26.2 Å². The summed E-state index contributed by atoms with van der Waals surface area (Å²) in [5, 5.41) is 4.87. The van der Waals surface area contributed by atoms with Crippen LogP contribution in [-0.4, -0.2) is 16.9 Å². The molecule has 0 saturated carbocycles. The number of anilines is 1. The fourth-order valence-corrected chi connectivity index (χ4v) is 2.00. The zero-order chi connectivity index (χ0) is 13.7. The predicted octanol–water partition coefficient (Wildman–Crippen LogP) is 2.69. The number of hydrogen-bond acceptors (Lipinski definition) is 3. The van der Waals surface area contributed by atoms with Crippen LogP contribution in [0.5, 0.6) is 0 Å². The number of unbranched alkanes of at least 4 members (excludes halogenated alkanes) is 1. The first-order valence-electron chi connectivity index (χ1n) is 6.61. The van der Waals surface area contributed by atoms with Crippen LogP contribution >= 0.6 is 0 Å². The third kappa shape index (κ3) is 3.29. The van der Waals surface area contributed by atoms with Crippen LogP contribution in [0.3, 0.4) is 0 Å². The van der Waals surface area contributed by atoms with Crippen molar-refractivity contribution in [2.24, 2.45) is 5.73 Å². The van der Waals surface area contributed by atoms with Crippen molar-refractivity contribution in [2.75, 3.05) is 5.32 Å². The van der Waals surface area contributed by atoms with E-state index in [0.717, 1.165) is 29.3 Å². The largest absolute Gasteiger partial charge is 0.324 e. The van der Waals surface area contributed by atoms with E-state index in [4.69, 9.17) is 5.73 Å². The highest BCUT2D eigenvalue weighted by atomic mass is 16.2. The Morgan fingerprint density at radius 2 is 2.26 bits per heavy atom. The molecular formula is C15H19N3O. The van der Waals surface area contributed by atoms with Crippen LogP contribution in [-0.2, 0) is 4.79 Å². The summed E-state index contributed by atoms with van der Waals surface area (Å²) >= 11 is 0. The number of nitrogens with two attached hydrogens (primary N) is 1. The van der Waals surface area contributed by atoms with E-state index in [0.29, 0.717) is 6.42 Å². The normalized spacial score (nSPS) is 12.3. The molecule has 0 aliphatic heterocycles. The number of amides is 1. The number of hydrogen-bond donors (Lipinski definition) is 2. The molecule has 0 fully saturated rings. The molecule has 1 heterocycles. The summed E-state index contributed by atoms with van der Waals surface area (Å²) in [6, 6.07) is 7.24. The van der Waals surface area contributed by atoms with E-state index >= 15 is 0 Å². The number of carbonyl (C=O) groups is 1. The monoisotopic (exact) mass is 257 g/mol. The maximum atomic E-state index is 12.0. The van der Waals surface area contributed by atoms with Gasteiger partial charge in [0.2, 0.25) is 5.91 Å². The summed E-state index contributed by atoms with van der Waals surface area (Å²) in [7, 11) is 0. The van der Waals surface area contributed by atoms with Gasteiger partial charge in [0.1, 0.15) is 0 Å². The number of rotatable bonds is 5. The molecule has 4 nitrogen and oxygen atoms in total. The molecule has 0 spiro atoms. The smallest absolute Gasteiger partial charge is 0.241 e. The second kappa shape index (κ2) is 6.29. The second-order valence-electron chi connectivity index (χ2n) is 4.64. The first-order valence-corrected chi connectivity index (χ1v) is 6.61. The minimum absolute atomic E-state index is 0.134. The van der Waals surface area contributed by atoms with Crippen molar-refractivity contribution < 1.29 is 4.79 Å². The Hall–Kier alpha value is -1.94. The van der Waals surface area contributed by atoms with Gasteiger partial charge in [0.25, 0.3) is 0 Å². The average molecular weight is 257 g/mol. The minimum atomic E-state index is -0.452. The Kier molecular flexibility index (Phi) is 4.47. The topological polar surface area (TPSA) is 68.0 Å². The van der Waals surface area contributed by atoms with Crippen LogP contribution in [0.25, 0.3) is 10.8 Å². The lowest BCUT2D eigenvalue weighted by molar-refractivity contribution is -0.117. The van der Waals surface area contributed by atoms with Crippen molar-refractivity contribution in [2.45, 2.75) is 32.2 Å². The molecule has 0 aliphatic rings. The first-order chi connectivity index (χ1) is 9.22. The predicted molar refractivity (Wildman–Crippen MR) is 77.9 cm³/mol. The molecule has 1 aromatic heterocycles. The van der Waals surface area contributed by atoms with Crippen LogP contribution in [0, 0.1) is 0 Å². The molecule has 2 rings (SSSR count). The average Bonchev–Trinajstić information content (AvgIpc) is 2.45. The standard InChI is InChI=1S/C15H19N3O/c1-2-3-6-13(16)15(19)18-14-7-4-5-11-8-9-17-10-12(11)14/h4-5,7-10,13H,2-3,6,16H2,1H3,(H,18,19). The molecule has 100 valence electrons. The van der Waals surface area contributed by atoms with Gasteiger partial charge in [-0.1, -0.05) is 31.9 Å². The highest BCUT2D eigenvalue weighted by molar-refractivity contribution is 6.03. The number of aromatic nitrogens is 1. The van der Waals surface area contributed by atoms with Crippen LogP contribution in [0.15, 0.2) is 36.7 Å². The van der Waals surface area contributed by atoms with Crippen molar-refractivity contribution in [3.05, 3.63) is 36.7 Å². The highest BCUT2D eigenvalue weighted by Gasteiger charge is 2.13. The lowest BCUT2D eigenvalue weighted by Gasteiger charge is -2.13. The Labute approximate surface area is 113 Å². The van der Waals surface area contributed by atoms with Crippen molar-refractivity contribution in [3.8, 4) is 0 Å². The van der Waals surface area contributed by atoms with E-state index in [9.17, 15) is 4.79 Å². The fourth-order valence-electron chi connectivity index (χ4n) is 2.00. The van der Waals surface area contributed by atoms with Gasteiger partial charge in [-0.3, -0.25) is 9.78 Å². The SMILES string of the molecule is CCCCC(N)C(=O)Nc1cccc2ccncc12. The molecule has 2 aromatic rings. The summed E-state index contributed by atoms with van der Waals surface area (Å²) in [4.78, 5) is 16.1. The van der Waals surface area contributed by atoms with Gasteiger partial charge in [-0.05, 0) is 23.9 Å². The number of pyridine rings is 1. The van der Waals surface area contributed by atoms with Gasteiger partial charge in [0, 0.05) is 17.8 Å². The lowest BCUT2D eigenvalue weighted by Crippen LogP contribution is -2.35. The van der Waals surface area contributed by atoms with Crippen molar-refractivity contribution in [3.63, 3.8) is 0 Å². The summed E-state index contributed by atoms with van der Waals surface area (Å²) in [5.74, 6) is -0.134. The highest BCUT2D eigenvalue weighted by Crippen LogP contribution is 2.22. The van der Waals surface area contributed by atoms with Crippen LogP contribution in [0.4, 0.5) is 5.69 Å². The molecule has 19 heavy (non-hydrogen) atoms. The lowest BCUT2D eigenvalue weighted by atomic mass is 10.1. The summed E-state index contributed by atoms with van der Waals surface area (Å²) in [6.07, 6.45) is 6.21. The number of fused-ring (bicyclic) bond motifs is 1. The van der Waals surface area contributed by atoms with Gasteiger partial charge in [-0.15, -0.1) is 0 Å². The zero-order valence-corrected chi connectivity index (χ0v) is 11.1. The first kappa shape index (κ1) is 13.5. The minimum Gasteiger partial charge on any atom is -0.324 e. The van der Waals surface area contributed by atoms with Crippen molar-refractivity contribution >= 4 is 22.4 Å². The van der Waals surface area contributed by atoms with Crippen molar-refractivity contribution in [1.82, 2.24) is 4.98 Å². The molecule has 1 unspecified atom stereocenters. The third-order valence-corrected chi connectivity index (χ3v) is 3.15. The fraction of sp³-hybridized carbons (Fsp3) is 0.333. The second-order valence-corrected chi connectivity index (χ2v) is 4.64. The van der Waals surface area contributed by atoms with E-state index in [1.54, 1.807) is 12.4 Å². The summed E-state index contributed by atoms with van der Waals surface area (Å²) in [5.41, 5.74) is 6.63. The van der Waals surface area contributed by atoms with E-state index in [-0.39, 0.29) is 5.91 Å². The number of nitrogens with one attached hydrogen (secondary N) is 1. The van der Waals surface area contributed by atoms with Crippen LogP contribution < -0.4 is 11.1 Å². The van der Waals surface area contributed by atoms with Gasteiger partial charge in [0.15, 0.2) is 0 Å². The van der Waals surface area contributed by atoms with E-state index in [2.05, 4.69) is 17.2 Å². The van der Waals surface area contributed by atoms with E-state index < -0.39 is 6.04 Å².